The molecular formula is C33H40N2O4. The van der Waals surface area contributed by atoms with Crippen LogP contribution in [0.15, 0.2) is 78.9 Å². The molecule has 2 bridgehead atoms. The van der Waals surface area contributed by atoms with E-state index in [1.807, 2.05) is 62.4 Å². The van der Waals surface area contributed by atoms with Crippen LogP contribution < -0.4 is 10.1 Å². The molecule has 1 unspecified atom stereocenters. The second kappa shape index (κ2) is 11.5. The first kappa shape index (κ1) is 27.4. The number of nitrogens with one attached hydrogen (secondary N) is 1. The van der Waals surface area contributed by atoms with E-state index in [9.17, 15) is 9.90 Å². The molecule has 3 aromatic rings. The summed E-state index contributed by atoms with van der Waals surface area (Å²) in [5.41, 5.74) is 4.04. The minimum absolute atomic E-state index is 0.00898. The Morgan fingerprint density at radius 3 is 2.23 bits per heavy atom. The lowest BCUT2D eigenvalue weighted by Crippen LogP contribution is -2.67. The van der Waals surface area contributed by atoms with Crippen molar-refractivity contribution in [2.45, 2.75) is 50.4 Å². The molecule has 39 heavy (non-hydrogen) atoms. The zero-order valence-corrected chi connectivity index (χ0v) is 23.3. The molecule has 0 amide bonds. The molecule has 0 spiro atoms. The van der Waals surface area contributed by atoms with Crippen molar-refractivity contribution in [1.82, 2.24) is 10.2 Å². The van der Waals surface area contributed by atoms with Crippen LogP contribution in [0.5, 0.6) is 5.75 Å². The molecule has 0 radical (unpaired) electrons. The van der Waals surface area contributed by atoms with Gasteiger partial charge < -0.3 is 19.9 Å². The van der Waals surface area contributed by atoms with Crippen molar-refractivity contribution < 1.29 is 19.4 Å². The summed E-state index contributed by atoms with van der Waals surface area (Å²) in [5, 5.41) is 14.4. The lowest BCUT2D eigenvalue weighted by molar-refractivity contribution is -0.155. The predicted octanol–water partition coefficient (Wildman–Crippen LogP) is 5.27. The third-order valence-electron chi connectivity index (χ3n) is 8.93. The van der Waals surface area contributed by atoms with Crippen molar-refractivity contribution in [2.75, 3.05) is 27.3 Å². The van der Waals surface area contributed by atoms with Crippen LogP contribution in [0.3, 0.4) is 0 Å². The second-order valence-corrected chi connectivity index (χ2v) is 11.3. The second-order valence-electron chi connectivity index (χ2n) is 11.3. The van der Waals surface area contributed by atoms with Gasteiger partial charge in [0.25, 0.3) is 0 Å². The number of methoxy groups -OCH3 is 2. The third kappa shape index (κ3) is 5.46. The van der Waals surface area contributed by atoms with E-state index < -0.39 is 17.5 Å². The summed E-state index contributed by atoms with van der Waals surface area (Å²) in [5.74, 6) is -0.335. The largest absolute Gasteiger partial charge is 0.496 e. The van der Waals surface area contributed by atoms with Crippen molar-refractivity contribution >= 4 is 5.97 Å². The van der Waals surface area contributed by atoms with E-state index in [0.29, 0.717) is 6.54 Å². The SMILES string of the molecule is COc1ccc(C(C)(C)OC)cc1CN[C@H]1CN2CC[C@H]1[C@H](C(=O)O)[C@H]2C(c1ccccc1)c1ccccc1. The number of carboxylic acids is 1. The monoisotopic (exact) mass is 528 g/mol. The van der Waals surface area contributed by atoms with Gasteiger partial charge in [-0.3, -0.25) is 9.69 Å². The van der Waals surface area contributed by atoms with Crippen molar-refractivity contribution in [2.24, 2.45) is 11.8 Å². The van der Waals surface area contributed by atoms with Crippen LogP contribution in [0.2, 0.25) is 0 Å². The first-order chi connectivity index (χ1) is 18.8. The van der Waals surface area contributed by atoms with E-state index in [2.05, 4.69) is 40.5 Å². The molecular weight excluding hydrogens is 488 g/mol. The number of hydrogen-bond acceptors (Lipinski definition) is 5. The number of ether oxygens (including phenoxy) is 2. The molecule has 206 valence electrons. The molecule has 0 aliphatic carbocycles. The minimum Gasteiger partial charge on any atom is -0.496 e. The van der Waals surface area contributed by atoms with Crippen LogP contribution >= 0.6 is 0 Å². The van der Waals surface area contributed by atoms with Gasteiger partial charge in [0, 0.05) is 43.8 Å². The molecule has 6 heteroatoms. The Kier molecular flexibility index (Phi) is 8.08. The van der Waals surface area contributed by atoms with Crippen LogP contribution in [0.1, 0.15) is 48.4 Å². The molecule has 6 nitrogen and oxygen atoms in total. The highest BCUT2D eigenvalue weighted by Gasteiger charge is 2.53. The number of hydrogen-bond donors (Lipinski definition) is 2. The normalized spacial score (nSPS) is 24.6. The number of carbonyl (C=O) groups is 1. The fourth-order valence-electron chi connectivity index (χ4n) is 6.70. The molecule has 0 saturated carbocycles. The Hall–Kier alpha value is -3.19. The van der Waals surface area contributed by atoms with Gasteiger partial charge in [0.1, 0.15) is 5.75 Å². The zero-order valence-electron chi connectivity index (χ0n) is 23.3. The fourth-order valence-corrected chi connectivity index (χ4v) is 6.70. The summed E-state index contributed by atoms with van der Waals surface area (Å²) in [7, 11) is 3.41. The van der Waals surface area contributed by atoms with E-state index in [4.69, 9.17) is 9.47 Å². The Balaban J connectivity index is 1.43. The van der Waals surface area contributed by atoms with Gasteiger partial charge >= 0.3 is 5.97 Å². The highest BCUT2D eigenvalue weighted by Crippen LogP contribution is 2.46. The third-order valence-corrected chi connectivity index (χ3v) is 8.93. The van der Waals surface area contributed by atoms with Gasteiger partial charge in [-0.15, -0.1) is 0 Å². The standard InChI is InChI=1S/C33H40N2O4/c1-33(2,39-4)25-15-16-28(38-3)24(19-25)20-34-27-21-35-18-17-26(27)30(32(36)37)31(35)29(22-11-7-5-8-12-22)23-13-9-6-10-14-23/h5-16,19,26-27,29-31,34H,17-18,20-21H2,1-4H3,(H,36,37)/t26-,27+,30+,31-/m1/s1. The molecule has 0 aromatic heterocycles. The van der Waals surface area contributed by atoms with Gasteiger partial charge in [0.2, 0.25) is 0 Å². The lowest BCUT2D eigenvalue weighted by atomic mass is 9.65. The Morgan fingerprint density at radius 1 is 1.03 bits per heavy atom. The molecule has 2 N–H and O–H groups in total. The molecule has 3 fully saturated rings. The van der Waals surface area contributed by atoms with Crippen molar-refractivity contribution in [1.29, 1.82) is 0 Å². The molecule has 3 aromatic carbocycles. The van der Waals surface area contributed by atoms with Crippen LogP contribution in [0.25, 0.3) is 0 Å². The topological polar surface area (TPSA) is 71.0 Å². The maximum Gasteiger partial charge on any atom is 0.308 e. The number of fused-ring (bicyclic) bond motifs is 3. The quantitative estimate of drug-likeness (QED) is 0.374. The highest BCUT2D eigenvalue weighted by atomic mass is 16.5. The molecule has 3 aliphatic rings. The summed E-state index contributed by atoms with van der Waals surface area (Å²) in [6.07, 6.45) is 0.870. The van der Waals surface area contributed by atoms with E-state index in [1.165, 1.54) is 11.1 Å². The molecule has 3 heterocycles. The van der Waals surface area contributed by atoms with Gasteiger partial charge in [-0.05, 0) is 61.6 Å². The number of benzene rings is 3. The van der Waals surface area contributed by atoms with Gasteiger partial charge in [0.05, 0.1) is 18.6 Å². The van der Waals surface area contributed by atoms with Crippen LogP contribution in [0.4, 0.5) is 0 Å². The van der Waals surface area contributed by atoms with E-state index in [1.54, 1.807) is 14.2 Å². The number of piperidine rings is 3. The first-order valence-corrected chi connectivity index (χ1v) is 13.9. The Labute approximate surface area is 232 Å². The summed E-state index contributed by atoms with van der Waals surface area (Å²) in [4.78, 5) is 15.4. The number of carboxylic acid groups (broad SMARTS) is 1. The maximum atomic E-state index is 12.9. The Morgan fingerprint density at radius 2 is 1.67 bits per heavy atom. The van der Waals surface area contributed by atoms with Crippen molar-refractivity contribution in [3.63, 3.8) is 0 Å². The average Bonchev–Trinajstić information content (AvgIpc) is 2.97. The Bertz CT molecular complexity index is 1220. The first-order valence-electron chi connectivity index (χ1n) is 13.9. The summed E-state index contributed by atoms with van der Waals surface area (Å²) >= 11 is 0. The summed E-state index contributed by atoms with van der Waals surface area (Å²) < 4.78 is 11.4. The number of nitrogens with zero attached hydrogens (tertiary/aromatic N) is 1. The van der Waals surface area contributed by atoms with E-state index >= 15 is 0 Å². The van der Waals surface area contributed by atoms with E-state index in [-0.39, 0.29) is 23.9 Å². The van der Waals surface area contributed by atoms with E-state index in [0.717, 1.165) is 36.4 Å². The van der Waals surface area contributed by atoms with Crippen LogP contribution in [-0.2, 0) is 21.7 Å². The molecule has 5 atom stereocenters. The van der Waals surface area contributed by atoms with Gasteiger partial charge in [-0.25, -0.2) is 0 Å². The van der Waals surface area contributed by atoms with Gasteiger partial charge in [-0.1, -0.05) is 66.7 Å². The van der Waals surface area contributed by atoms with Crippen molar-refractivity contribution in [3.05, 3.63) is 101 Å². The van der Waals surface area contributed by atoms with Gasteiger partial charge in [-0.2, -0.15) is 0 Å². The predicted molar refractivity (Wildman–Crippen MR) is 153 cm³/mol. The molecule has 3 aliphatic heterocycles. The van der Waals surface area contributed by atoms with Crippen LogP contribution in [0, 0.1) is 11.8 Å². The zero-order chi connectivity index (χ0) is 27.6. The summed E-state index contributed by atoms with van der Waals surface area (Å²) in [6, 6.07) is 26.9. The maximum absolute atomic E-state index is 12.9. The highest BCUT2D eigenvalue weighted by molar-refractivity contribution is 5.72. The average molecular weight is 529 g/mol. The molecule has 6 rings (SSSR count). The minimum atomic E-state index is -0.709. The molecule has 3 saturated heterocycles. The van der Waals surface area contributed by atoms with Gasteiger partial charge in [0.15, 0.2) is 0 Å². The summed E-state index contributed by atoms with van der Waals surface area (Å²) in [6.45, 7) is 6.43. The fraction of sp³-hybridized carbons (Fsp3) is 0.424. The lowest BCUT2D eigenvalue weighted by Gasteiger charge is -2.55. The van der Waals surface area contributed by atoms with Crippen molar-refractivity contribution in [3.8, 4) is 5.75 Å². The number of aliphatic carboxylic acids is 1. The van der Waals surface area contributed by atoms with Crippen LogP contribution in [-0.4, -0.2) is 55.4 Å². The smallest absolute Gasteiger partial charge is 0.308 e. The number of rotatable bonds is 10.